The standard InChI is InChI=1S/C19H26N2/c1-3-13-21-18(19(2)11-4-5-12-19)16-10-6-8-15-9-7-14-20-17(15)16/h6-10,14,18,21H,3-5,11-13H2,1-2H3. The minimum atomic E-state index is 0.362. The first-order chi connectivity index (χ1) is 10.2. The average molecular weight is 282 g/mol. The Kier molecular flexibility index (Phi) is 4.25. The van der Waals surface area contributed by atoms with Gasteiger partial charge >= 0.3 is 0 Å². The van der Waals surface area contributed by atoms with Crippen LogP contribution in [0.3, 0.4) is 0 Å². The fraction of sp³-hybridized carbons (Fsp3) is 0.526. The second-order valence-corrected chi connectivity index (χ2v) is 6.67. The first-order valence-electron chi connectivity index (χ1n) is 8.31. The summed E-state index contributed by atoms with van der Waals surface area (Å²) in [6.45, 7) is 5.76. The second-order valence-electron chi connectivity index (χ2n) is 6.67. The smallest absolute Gasteiger partial charge is 0.0749 e. The average Bonchev–Trinajstić information content (AvgIpc) is 2.95. The number of fused-ring (bicyclic) bond motifs is 1. The number of aromatic nitrogens is 1. The van der Waals surface area contributed by atoms with Crippen molar-refractivity contribution in [2.75, 3.05) is 6.54 Å². The Balaban J connectivity index is 2.05. The minimum absolute atomic E-state index is 0.362. The van der Waals surface area contributed by atoms with Crippen molar-refractivity contribution in [3.8, 4) is 0 Å². The molecule has 0 radical (unpaired) electrons. The van der Waals surface area contributed by atoms with Crippen LogP contribution in [0.5, 0.6) is 0 Å². The summed E-state index contributed by atoms with van der Waals surface area (Å²) < 4.78 is 0. The molecule has 0 saturated heterocycles. The topological polar surface area (TPSA) is 24.9 Å². The summed E-state index contributed by atoms with van der Waals surface area (Å²) >= 11 is 0. The van der Waals surface area contributed by atoms with E-state index >= 15 is 0 Å². The van der Waals surface area contributed by atoms with E-state index in [1.807, 2.05) is 12.3 Å². The zero-order chi connectivity index (χ0) is 14.7. The maximum Gasteiger partial charge on any atom is 0.0749 e. The lowest BCUT2D eigenvalue weighted by Crippen LogP contribution is -2.35. The number of nitrogens with one attached hydrogen (secondary N) is 1. The van der Waals surface area contributed by atoms with Crippen molar-refractivity contribution in [3.63, 3.8) is 0 Å². The molecular weight excluding hydrogens is 256 g/mol. The van der Waals surface area contributed by atoms with E-state index < -0.39 is 0 Å². The van der Waals surface area contributed by atoms with Gasteiger partial charge in [0.05, 0.1) is 5.52 Å². The maximum atomic E-state index is 4.67. The molecule has 1 unspecified atom stereocenters. The Hall–Kier alpha value is -1.41. The normalized spacial score (nSPS) is 19.0. The molecule has 0 aliphatic heterocycles. The molecule has 0 bridgehead atoms. The van der Waals surface area contributed by atoms with E-state index in [9.17, 15) is 0 Å². The van der Waals surface area contributed by atoms with Gasteiger partial charge in [0.2, 0.25) is 0 Å². The molecule has 3 rings (SSSR count). The van der Waals surface area contributed by atoms with Gasteiger partial charge in [-0.15, -0.1) is 0 Å². The molecule has 1 aromatic carbocycles. The van der Waals surface area contributed by atoms with Crippen molar-refractivity contribution in [1.29, 1.82) is 0 Å². The van der Waals surface area contributed by atoms with Gasteiger partial charge < -0.3 is 5.32 Å². The molecular formula is C19H26N2. The van der Waals surface area contributed by atoms with E-state index in [2.05, 4.69) is 48.4 Å². The van der Waals surface area contributed by atoms with Crippen molar-refractivity contribution >= 4 is 10.9 Å². The molecule has 1 N–H and O–H groups in total. The van der Waals surface area contributed by atoms with Crippen molar-refractivity contribution in [1.82, 2.24) is 10.3 Å². The predicted molar refractivity (Wildman–Crippen MR) is 89.4 cm³/mol. The first-order valence-corrected chi connectivity index (χ1v) is 8.31. The van der Waals surface area contributed by atoms with Crippen LogP contribution in [0.1, 0.15) is 57.6 Å². The fourth-order valence-electron chi connectivity index (χ4n) is 3.85. The van der Waals surface area contributed by atoms with E-state index in [1.165, 1.54) is 48.6 Å². The third-order valence-corrected chi connectivity index (χ3v) is 5.02. The number of rotatable bonds is 5. The molecule has 1 aromatic heterocycles. The van der Waals surface area contributed by atoms with Crippen LogP contribution >= 0.6 is 0 Å². The van der Waals surface area contributed by atoms with Crippen LogP contribution in [-0.4, -0.2) is 11.5 Å². The van der Waals surface area contributed by atoms with E-state index in [4.69, 9.17) is 0 Å². The molecule has 2 nitrogen and oxygen atoms in total. The Bertz CT molecular complexity index is 594. The van der Waals surface area contributed by atoms with Gasteiger partial charge in [-0.1, -0.05) is 51.0 Å². The largest absolute Gasteiger partial charge is 0.309 e. The molecule has 1 fully saturated rings. The molecule has 1 atom stereocenters. The highest BCUT2D eigenvalue weighted by Gasteiger charge is 2.38. The quantitative estimate of drug-likeness (QED) is 0.847. The number of nitrogens with zero attached hydrogens (tertiary/aromatic N) is 1. The first kappa shape index (κ1) is 14.5. The highest BCUT2D eigenvalue weighted by atomic mass is 14.9. The molecule has 2 heteroatoms. The molecule has 1 aliphatic rings. The number of hydrogen-bond donors (Lipinski definition) is 1. The summed E-state index contributed by atoms with van der Waals surface area (Å²) in [6, 6.07) is 11.2. The molecule has 0 spiro atoms. The summed E-state index contributed by atoms with van der Waals surface area (Å²) in [5, 5.41) is 5.07. The SMILES string of the molecule is CCCNC(c1cccc2cccnc12)C1(C)CCCC1. The molecule has 2 aromatic rings. The molecule has 21 heavy (non-hydrogen) atoms. The molecule has 1 aliphatic carbocycles. The monoisotopic (exact) mass is 282 g/mol. The second kappa shape index (κ2) is 6.15. The highest BCUT2D eigenvalue weighted by molar-refractivity contribution is 5.82. The van der Waals surface area contributed by atoms with E-state index in [0.717, 1.165) is 6.54 Å². The van der Waals surface area contributed by atoms with Crippen LogP contribution in [0.4, 0.5) is 0 Å². The summed E-state index contributed by atoms with van der Waals surface area (Å²) in [5.41, 5.74) is 2.91. The molecule has 1 heterocycles. The third-order valence-electron chi connectivity index (χ3n) is 5.02. The molecule has 112 valence electrons. The van der Waals surface area contributed by atoms with Crippen LogP contribution in [0.2, 0.25) is 0 Å². The van der Waals surface area contributed by atoms with Crippen LogP contribution in [0.15, 0.2) is 36.5 Å². The fourth-order valence-corrected chi connectivity index (χ4v) is 3.85. The van der Waals surface area contributed by atoms with Gasteiger partial charge in [-0.05, 0) is 42.9 Å². The predicted octanol–water partition coefficient (Wildman–Crippen LogP) is 4.86. The van der Waals surface area contributed by atoms with Gasteiger partial charge in [0.1, 0.15) is 0 Å². The molecule has 0 amide bonds. The van der Waals surface area contributed by atoms with Crippen LogP contribution < -0.4 is 5.32 Å². The van der Waals surface area contributed by atoms with E-state index in [1.54, 1.807) is 0 Å². The van der Waals surface area contributed by atoms with Gasteiger partial charge in [0.15, 0.2) is 0 Å². The van der Waals surface area contributed by atoms with Crippen molar-refractivity contribution in [3.05, 3.63) is 42.1 Å². The van der Waals surface area contributed by atoms with Gasteiger partial charge in [-0.2, -0.15) is 0 Å². The Morgan fingerprint density at radius 1 is 1.19 bits per heavy atom. The summed E-state index contributed by atoms with van der Waals surface area (Å²) in [7, 11) is 0. The lowest BCUT2D eigenvalue weighted by atomic mass is 9.76. The Morgan fingerprint density at radius 3 is 2.71 bits per heavy atom. The highest BCUT2D eigenvalue weighted by Crippen LogP contribution is 2.48. The van der Waals surface area contributed by atoms with Crippen molar-refractivity contribution < 1.29 is 0 Å². The number of hydrogen-bond acceptors (Lipinski definition) is 2. The number of benzene rings is 1. The third kappa shape index (κ3) is 2.82. The van der Waals surface area contributed by atoms with Gasteiger partial charge in [-0.25, -0.2) is 0 Å². The van der Waals surface area contributed by atoms with Crippen LogP contribution in [0.25, 0.3) is 10.9 Å². The van der Waals surface area contributed by atoms with E-state index in [0.29, 0.717) is 11.5 Å². The van der Waals surface area contributed by atoms with Gasteiger partial charge in [0, 0.05) is 17.6 Å². The van der Waals surface area contributed by atoms with E-state index in [-0.39, 0.29) is 0 Å². The molecule has 1 saturated carbocycles. The van der Waals surface area contributed by atoms with Gasteiger partial charge in [-0.3, -0.25) is 4.98 Å². The lowest BCUT2D eigenvalue weighted by Gasteiger charge is -2.36. The maximum absolute atomic E-state index is 4.67. The minimum Gasteiger partial charge on any atom is -0.309 e. The Labute approximate surface area is 128 Å². The zero-order valence-corrected chi connectivity index (χ0v) is 13.2. The van der Waals surface area contributed by atoms with Crippen molar-refractivity contribution in [2.45, 2.75) is 52.0 Å². The summed E-state index contributed by atoms with van der Waals surface area (Å²) in [5.74, 6) is 0. The zero-order valence-electron chi connectivity index (χ0n) is 13.2. The summed E-state index contributed by atoms with van der Waals surface area (Å²) in [4.78, 5) is 4.67. The van der Waals surface area contributed by atoms with Gasteiger partial charge in [0.25, 0.3) is 0 Å². The van der Waals surface area contributed by atoms with Crippen molar-refractivity contribution in [2.24, 2.45) is 5.41 Å². The lowest BCUT2D eigenvalue weighted by molar-refractivity contribution is 0.225. The van der Waals surface area contributed by atoms with Crippen LogP contribution in [-0.2, 0) is 0 Å². The van der Waals surface area contributed by atoms with Crippen LogP contribution in [0, 0.1) is 5.41 Å². The number of pyridine rings is 1. The Morgan fingerprint density at radius 2 is 1.95 bits per heavy atom. The number of para-hydroxylation sites is 1. The summed E-state index contributed by atoms with van der Waals surface area (Å²) in [6.07, 6.45) is 8.44.